The highest BCUT2D eigenvalue weighted by Crippen LogP contribution is 2.22. The van der Waals surface area contributed by atoms with Crippen molar-refractivity contribution in [2.24, 2.45) is 0 Å². The van der Waals surface area contributed by atoms with Crippen molar-refractivity contribution in [1.82, 2.24) is 9.97 Å². The maximum atomic E-state index is 11.8. The van der Waals surface area contributed by atoms with Crippen molar-refractivity contribution < 1.29 is 9.53 Å². The number of methoxy groups -OCH3 is 1. The highest BCUT2D eigenvalue weighted by Gasteiger charge is 2.18. The van der Waals surface area contributed by atoms with Crippen LogP contribution in [0.25, 0.3) is 11.4 Å². The van der Waals surface area contributed by atoms with Gasteiger partial charge in [-0.25, -0.2) is 14.8 Å². The topological polar surface area (TPSA) is 78.1 Å². The number of anilines is 1. The molecule has 2 aromatic rings. The number of nitrogens with two attached hydrogens (primary N) is 1. The van der Waals surface area contributed by atoms with E-state index in [1.54, 1.807) is 0 Å². The van der Waals surface area contributed by atoms with E-state index in [-0.39, 0.29) is 5.69 Å². The summed E-state index contributed by atoms with van der Waals surface area (Å²) in [4.78, 5) is 20.4. The van der Waals surface area contributed by atoms with Crippen molar-refractivity contribution in [3.8, 4) is 11.4 Å². The fourth-order valence-corrected chi connectivity index (χ4v) is 1.95. The maximum absolute atomic E-state index is 11.8. The normalized spacial score (nSPS) is 10.3. The molecule has 0 spiro atoms. The second-order valence-corrected chi connectivity index (χ2v) is 4.47. The molecule has 0 saturated carbocycles. The van der Waals surface area contributed by atoms with Crippen LogP contribution in [0.15, 0.2) is 24.3 Å². The van der Waals surface area contributed by atoms with Crippen molar-refractivity contribution in [1.29, 1.82) is 0 Å². The van der Waals surface area contributed by atoms with Gasteiger partial charge in [-0.05, 0) is 13.3 Å². The van der Waals surface area contributed by atoms with Crippen LogP contribution < -0.4 is 5.73 Å². The number of ether oxygens (including phenoxy) is 1. The van der Waals surface area contributed by atoms with Gasteiger partial charge in [-0.15, -0.1) is 0 Å². The zero-order valence-electron chi connectivity index (χ0n) is 11.8. The molecule has 20 heavy (non-hydrogen) atoms. The quantitative estimate of drug-likeness (QED) is 0.867. The van der Waals surface area contributed by atoms with Crippen molar-refractivity contribution >= 4 is 11.8 Å². The van der Waals surface area contributed by atoms with E-state index < -0.39 is 5.97 Å². The van der Waals surface area contributed by atoms with Crippen LogP contribution in [-0.2, 0) is 11.2 Å². The monoisotopic (exact) mass is 271 g/mol. The summed E-state index contributed by atoms with van der Waals surface area (Å²) < 4.78 is 4.76. The summed E-state index contributed by atoms with van der Waals surface area (Å²) in [5, 5.41) is 0. The van der Waals surface area contributed by atoms with Gasteiger partial charge in [-0.3, -0.25) is 0 Å². The van der Waals surface area contributed by atoms with Gasteiger partial charge >= 0.3 is 5.97 Å². The predicted octanol–water partition coefficient (Wildman–Crippen LogP) is 2.38. The molecule has 0 radical (unpaired) electrons. The van der Waals surface area contributed by atoms with Crippen molar-refractivity contribution in [3.05, 3.63) is 41.1 Å². The number of hydrogen-bond acceptors (Lipinski definition) is 5. The van der Waals surface area contributed by atoms with Crippen LogP contribution in [0.4, 0.5) is 5.82 Å². The van der Waals surface area contributed by atoms with Gasteiger partial charge in [0.2, 0.25) is 0 Å². The largest absolute Gasteiger partial charge is 0.464 e. The number of nitrogens with zero attached hydrogens (tertiary/aromatic N) is 2. The van der Waals surface area contributed by atoms with E-state index in [1.165, 1.54) is 7.11 Å². The van der Waals surface area contributed by atoms with Crippen LogP contribution in [-0.4, -0.2) is 23.0 Å². The molecule has 1 aromatic carbocycles. The number of aryl methyl sites for hydroxylation is 1. The Morgan fingerprint density at radius 1 is 1.25 bits per heavy atom. The van der Waals surface area contributed by atoms with E-state index in [0.29, 0.717) is 23.6 Å². The molecule has 0 bridgehead atoms. The first-order valence-electron chi connectivity index (χ1n) is 6.38. The number of benzene rings is 1. The SMILES string of the molecule is CCc1c(N)nc(-c2ccc(C)cc2)nc1C(=O)OC. The van der Waals surface area contributed by atoms with Crippen LogP contribution in [0.1, 0.15) is 28.5 Å². The fraction of sp³-hybridized carbons (Fsp3) is 0.267. The molecule has 0 aliphatic carbocycles. The minimum Gasteiger partial charge on any atom is -0.464 e. The molecule has 2 N–H and O–H groups in total. The highest BCUT2D eigenvalue weighted by molar-refractivity contribution is 5.90. The van der Waals surface area contributed by atoms with E-state index in [9.17, 15) is 4.79 Å². The second-order valence-electron chi connectivity index (χ2n) is 4.47. The average Bonchev–Trinajstić information content (AvgIpc) is 2.46. The Bertz CT molecular complexity index is 636. The van der Waals surface area contributed by atoms with E-state index in [0.717, 1.165) is 11.1 Å². The Kier molecular flexibility index (Phi) is 3.98. The number of hydrogen-bond donors (Lipinski definition) is 1. The molecule has 2 rings (SSSR count). The number of carbonyl (C=O) groups excluding carboxylic acids is 1. The van der Waals surface area contributed by atoms with Crippen molar-refractivity contribution in [3.63, 3.8) is 0 Å². The molecule has 104 valence electrons. The number of aromatic nitrogens is 2. The van der Waals surface area contributed by atoms with Crippen LogP contribution in [0.2, 0.25) is 0 Å². The first-order valence-corrected chi connectivity index (χ1v) is 6.38. The summed E-state index contributed by atoms with van der Waals surface area (Å²) in [5.41, 5.74) is 8.74. The number of nitrogen functional groups attached to an aromatic ring is 1. The summed E-state index contributed by atoms with van der Waals surface area (Å²) in [6.45, 7) is 3.89. The van der Waals surface area contributed by atoms with Crippen LogP contribution in [0.3, 0.4) is 0 Å². The molecule has 0 aliphatic heterocycles. The van der Waals surface area contributed by atoms with Gasteiger partial charge in [0.05, 0.1) is 7.11 Å². The van der Waals surface area contributed by atoms with Gasteiger partial charge in [0.25, 0.3) is 0 Å². The molecule has 5 heteroatoms. The molecule has 1 heterocycles. The van der Waals surface area contributed by atoms with Gasteiger partial charge in [-0.1, -0.05) is 36.8 Å². The molecule has 0 fully saturated rings. The number of rotatable bonds is 3. The molecule has 5 nitrogen and oxygen atoms in total. The summed E-state index contributed by atoms with van der Waals surface area (Å²) in [6.07, 6.45) is 0.574. The Hall–Kier alpha value is -2.43. The number of esters is 1. The van der Waals surface area contributed by atoms with Gasteiger partial charge in [-0.2, -0.15) is 0 Å². The second kappa shape index (κ2) is 5.69. The highest BCUT2D eigenvalue weighted by atomic mass is 16.5. The van der Waals surface area contributed by atoms with E-state index in [4.69, 9.17) is 10.5 Å². The Labute approximate surface area is 117 Å². The third kappa shape index (κ3) is 2.61. The fourth-order valence-electron chi connectivity index (χ4n) is 1.95. The van der Waals surface area contributed by atoms with Crippen LogP contribution in [0.5, 0.6) is 0 Å². The van der Waals surface area contributed by atoms with Crippen LogP contribution >= 0.6 is 0 Å². The lowest BCUT2D eigenvalue weighted by molar-refractivity contribution is 0.0592. The average molecular weight is 271 g/mol. The lowest BCUT2D eigenvalue weighted by Crippen LogP contribution is -2.13. The summed E-state index contributed by atoms with van der Waals surface area (Å²) in [6, 6.07) is 7.72. The molecule has 1 aromatic heterocycles. The summed E-state index contributed by atoms with van der Waals surface area (Å²) in [7, 11) is 1.33. The first-order chi connectivity index (χ1) is 9.56. The number of carbonyl (C=O) groups is 1. The zero-order chi connectivity index (χ0) is 14.7. The van der Waals surface area contributed by atoms with E-state index in [1.807, 2.05) is 38.1 Å². The minimum atomic E-state index is -0.496. The van der Waals surface area contributed by atoms with Gasteiger partial charge in [0.1, 0.15) is 5.82 Å². The predicted molar refractivity (Wildman–Crippen MR) is 77.3 cm³/mol. The third-order valence-corrected chi connectivity index (χ3v) is 3.08. The lowest BCUT2D eigenvalue weighted by Gasteiger charge is -2.10. The standard InChI is InChI=1S/C15H17N3O2/c1-4-11-12(15(19)20-3)17-14(18-13(11)16)10-7-5-9(2)6-8-10/h5-8H,4H2,1-3H3,(H2,16,17,18). The smallest absolute Gasteiger partial charge is 0.357 e. The van der Waals surface area contributed by atoms with Crippen LogP contribution in [0, 0.1) is 6.92 Å². The van der Waals surface area contributed by atoms with Gasteiger partial charge < -0.3 is 10.5 Å². The van der Waals surface area contributed by atoms with Gasteiger partial charge in [0.15, 0.2) is 11.5 Å². The Morgan fingerprint density at radius 2 is 1.90 bits per heavy atom. The molecule has 0 atom stereocenters. The van der Waals surface area contributed by atoms with E-state index >= 15 is 0 Å². The Balaban J connectivity index is 2.58. The van der Waals surface area contributed by atoms with Gasteiger partial charge in [0, 0.05) is 11.1 Å². The minimum absolute atomic E-state index is 0.234. The molecular weight excluding hydrogens is 254 g/mol. The Morgan fingerprint density at radius 3 is 2.45 bits per heavy atom. The van der Waals surface area contributed by atoms with Crippen molar-refractivity contribution in [2.45, 2.75) is 20.3 Å². The maximum Gasteiger partial charge on any atom is 0.357 e. The molecule has 0 unspecified atom stereocenters. The summed E-state index contributed by atoms with van der Waals surface area (Å²) >= 11 is 0. The lowest BCUT2D eigenvalue weighted by atomic mass is 10.1. The van der Waals surface area contributed by atoms with Crippen molar-refractivity contribution in [2.75, 3.05) is 12.8 Å². The zero-order valence-corrected chi connectivity index (χ0v) is 11.8. The molecule has 0 aliphatic rings. The third-order valence-electron chi connectivity index (χ3n) is 3.08. The summed E-state index contributed by atoms with van der Waals surface area (Å²) in [5.74, 6) is 0.253. The molecular formula is C15H17N3O2. The molecule has 0 saturated heterocycles. The first kappa shape index (κ1) is 14.0. The molecule has 0 amide bonds. The van der Waals surface area contributed by atoms with E-state index in [2.05, 4.69) is 9.97 Å².